The van der Waals surface area contributed by atoms with Gasteiger partial charge in [0, 0.05) is 23.0 Å². The molecule has 136 valence electrons. The first-order chi connectivity index (χ1) is 13.1. The van der Waals surface area contributed by atoms with Crippen molar-refractivity contribution >= 4 is 22.7 Å². The number of fused-ring (bicyclic) bond motifs is 4. The molecule has 0 radical (unpaired) electrons. The van der Waals surface area contributed by atoms with E-state index in [4.69, 9.17) is 0 Å². The molecule has 1 saturated heterocycles. The third-order valence-corrected chi connectivity index (χ3v) is 5.95. The molecule has 1 N–H and O–H groups in total. The second-order valence-corrected chi connectivity index (χ2v) is 7.42. The molecule has 2 atom stereocenters. The number of para-hydroxylation sites is 1. The number of hydrogen-bond donors (Lipinski definition) is 1. The largest absolute Gasteiger partial charge is 0.357 e. The third-order valence-electron chi connectivity index (χ3n) is 5.95. The second-order valence-electron chi connectivity index (χ2n) is 7.42. The van der Waals surface area contributed by atoms with Gasteiger partial charge in [0.15, 0.2) is 0 Å². The normalized spacial score (nSPS) is 20.6. The standard InChI is InChI=1S/C22H21N3O2/c1-14(15-7-3-2-4-8-15)24-13-21(26)25-12-19-17(11-20(25)22(24)27)16-9-5-6-10-18(16)23-19/h2-10,14,20,23H,11-13H2,1H3/t14-,20+/m1/s1. The SMILES string of the molecule is C[C@H](c1ccccc1)N1CC(=O)N2Cc3[nH]c4ccccc4c3C[C@H]2C1=O. The second kappa shape index (κ2) is 5.98. The number of piperazine rings is 1. The van der Waals surface area contributed by atoms with Crippen LogP contribution in [0.5, 0.6) is 0 Å². The third kappa shape index (κ3) is 2.46. The molecule has 5 heteroatoms. The predicted molar refractivity (Wildman–Crippen MR) is 103 cm³/mol. The molecule has 1 aromatic heterocycles. The molecule has 0 bridgehead atoms. The van der Waals surface area contributed by atoms with E-state index >= 15 is 0 Å². The van der Waals surface area contributed by atoms with Crippen LogP contribution in [0.2, 0.25) is 0 Å². The van der Waals surface area contributed by atoms with Gasteiger partial charge >= 0.3 is 0 Å². The van der Waals surface area contributed by atoms with Crippen molar-refractivity contribution in [1.82, 2.24) is 14.8 Å². The molecule has 0 aliphatic carbocycles. The molecule has 2 amide bonds. The average molecular weight is 359 g/mol. The van der Waals surface area contributed by atoms with Gasteiger partial charge in [-0.2, -0.15) is 0 Å². The predicted octanol–water partition coefficient (Wildman–Crippen LogP) is 3.02. The van der Waals surface area contributed by atoms with Crippen LogP contribution in [0, 0.1) is 0 Å². The van der Waals surface area contributed by atoms with Gasteiger partial charge in [0.2, 0.25) is 11.8 Å². The Balaban J connectivity index is 1.50. The minimum Gasteiger partial charge on any atom is -0.357 e. The Labute approximate surface area is 157 Å². The molecule has 3 heterocycles. The van der Waals surface area contributed by atoms with Crippen LogP contribution in [-0.2, 0) is 22.6 Å². The van der Waals surface area contributed by atoms with E-state index in [1.807, 2.05) is 55.5 Å². The molecule has 2 aromatic carbocycles. The van der Waals surface area contributed by atoms with Crippen LogP contribution in [0.15, 0.2) is 54.6 Å². The summed E-state index contributed by atoms with van der Waals surface area (Å²) in [6, 6.07) is 17.5. The van der Waals surface area contributed by atoms with E-state index in [0.717, 1.165) is 22.2 Å². The van der Waals surface area contributed by atoms with Gasteiger partial charge in [-0.1, -0.05) is 48.5 Å². The monoisotopic (exact) mass is 359 g/mol. The molecule has 3 aromatic rings. The number of nitrogens with zero attached hydrogens (tertiary/aromatic N) is 2. The number of aromatic nitrogens is 1. The van der Waals surface area contributed by atoms with Crippen molar-refractivity contribution in [3.63, 3.8) is 0 Å². The molecule has 2 aliphatic rings. The highest BCUT2D eigenvalue weighted by Crippen LogP contribution is 2.34. The van der Waals surface area contributed by atoms with Crippen molar-refractivity contribution in [2.45, 2.75) is 32.0 Å². The smallest absolute Gasteiger partial charge is 0.246 e. The van der Waals surface area contributed by atoms with Crippen LogP contribution < -0.4 is 0 Å². The molecule has 1 fully saturated rings. The summed E-state index contributed by atoms with van der Waals surface area (Å²) in [7, 11) is 0. The van der Waals surface area contributed by atoms with Crippen molar-refractivity contribution in [3.8, 4) is 0 Å². The zero-order valence-electron chi connectivity index (χ0n) is 15.2. The number of hydrogen-bond acceptors (Lipinski definition) is 2. The molecular formula is C22H21N3O2. The Morgan fingerprint density at radius 1 is 1.00 bits per heavy atom. The maximum atomic E-state index is 13.3. The van der Waals surface area contributed by atoms with Gasteiger partial charge in [0.25, 0.3) is 0 Å². The minimum absolute atomic E-state index is 0.0201. The lowest BCUT2D eigenvalue weighted by atomic mass is 9.93. The van der Waals surface area contributed by atoms with Gasteiger partial charge in [0.1, 0.15) is 12.6 Å². The van der Waals surface area contributed by atoms with E-state index in [1.54, 1.807) is 9.80 Å². The highest BCUT2D eigenvalue weighted by Gasteiger charge is 2.44. The number of rotatable bonds is 2. The summed E-state index contributed by atoms with van der Waals surface area (Å²) >= 11 is 0. The summed E-state index contributed by atoms with van der Waals surface area (Å²) < 4.78 is 0. The van der Waals surface area contributed by atoms with E-state index in [9.17, 15) is 9.59 Å². The lowest BCUT2D eigenvalue weighted by Crippen LogP contribution is -2.61. The number of nitrogens with one attached hydrogen (secondary N) is 1. The van der Waals surface area contributed by atoms with Crippen LogP contribution >= 0.6 is 0 Å². The number of aromatic amines is 1. The lowest BCUT2D eigenvalue weighted by molar-refractivity contribution is -0.159. The first kappa shape index (κ1) is 16.1. The average Bonchev–Trinajstić information content (AvgIpc) is 3.07. The van der Waals surface area contributed by atoms with E-state index in [0.29, 0.717) is 13.0 Å². The molecule has 0 saturated carbocycles. The molecule has 0 unspecified atom stereocenters. The molecule has 2 aliphatic heterocycles. The molecule has 5 nitrogen and oxygen atoms in total. The first-order valence-corrected chi connectivity index (χ1v) is 9.37. The molecular weight excluding hydrogens is 338 g/mol. The van der Waals surface area contributed by atoms with Gasteiger partial charge in [-0.05, 0) is 24.1 Å². The van der Waals surface area contributed by atoms with E-state index in [-0.39, 0.29) is 24.4 Å². The fourth-order valence-electron chi connectivity index (χ4n) is 4.44. The highest BCUT2D eigenvalue weighted by atomic mass is 16.2. The van der Waals surface area contributed by atoms with E-state index in [1.165, 1.54) is 5.56 Å². The summed E-state index contributed by atoms with van der Waals surface area (Å²) in [5.41, 5.74) is 4.34. The van der Waals surface area contributed by atoms with Gasteiger partial charge in [-0.15, -0.1) is 0 Å². The number of carbonyl (C=O) groups excluding carboxylic acids is 2. The topological polar surface area (TPSA) is 56.4 Å². The van der Waals surface area contributed by atoms with Gasteiger partial charge in [-0.3, -0.25) is 9.59 Å². The van der Waals surface area contributed by atoms with Crippen LogP contribution in [0.3, 0.4) is 0 Å². The van der Waals surface area contributed by atoms with Gasteiger partial charge in [0.05, 0.1) is 12.6 Å². The highest BCUT2D eigenvalue weighted by molar-refractivity contribution is 5.97. The Hall–Kier alpha value is -3.08. The quantitative estimate of drug-likeness (QED) is 0.765. The molecule has 5 rings (SSSR count). The zero-order valence-corrected chi connectivity index (χ0v) is 15.2. The molecule has 0 spiro atoms. The lowest BCUT2D eigenvalue weighted by Gasteiger charge is -2.44. The van der Waals surface area contributed by atoms with Crippen LogP contribution in [-0.4, -0.2) is 39.2 Å². The Morgan fingerprint density at radius 3 is 2.56 bits per heavy atom. The van der Waals surface area contributed by atoms with Crippen LogP contribution in [0.4, 0.5) is 0 Å². The van der Waals surface area contributed by atoms with Gasteiger partial charge in [-0.25, -0.2) is 0 Å². The first-order valence-electron chi connectivity index (χ1n) is 9.37. The van der Waals surface area contributed by atoms with Crippen molar-refractivity contribution in [3.05, 3.63) is 71.4 Å². The van der Waals surface area contributed by atoms with Crippen molar-refractivity contribution in [2.24, 2.45) is 0 Å². The summed E-state index contributed by atoms with van der Waals surface area (Å²) in [6.07, 6.45) is 0.571. The summed E-state index contributed by atoms with van der Waals surface area (Å²) in [6.45, 7) is 2.61. The summed E-state index contributed by atoms with van der Waals surface area (Å²) in [5.74, 6) is 0.0635. The Morgan fingerprint density at radius 2 is 1.74 bits per heavy atom. The number of benzene rings is 2. The van der Waals surface area contributed by atoms with Crippen molar-refractivity contribution < 1.29 is 9.59 Å². The van der Waals surface area contributed by atoms with Crippen molar-refractivity contribution in [2.75, 3.05) is 6.54 Å². The maximum Gasteiger partial charge on any atom is 0.246 e. The van der Waals surface area contributed by atoms with Crippen molar-refractivity contribution in [1.29, 1.82) is 0 Å². The fraction of sp³-hybridized carbons (Fsp3) is 0.273. The van der Waals surface area contributed by atoms with E-state index in [2.05, 4.69) is 11.1 Å². The number of amides is 2. The summed E-state index contributed by atoms with van der Waals surface area (Å²) in [5, 5.41) is 1.15. The fourth-order valence-corrected chi connectivity index (χ4v) is 4.44. The van der Waals surface area contributed by atoms with Crippen LogP contribution in [0.1, 0.15) is 29.8 Å². The summed E-state index contributed by atoms with van der Waals surface area (Å²) in [4.78, 5) is 33.1. The van der Waals surface area contributed by atoms with E-state index < -0.39 is 6.04 Å². The minimum atomic E-state index is -0.413. The van der Waals surface area contributed by atoms with Gasteiger partial charge < -0.3 is 14.8 Å². The molecule has 27 heavy (non-hydrogen) atoms. The Kier molecular flexibility index (Phi) is 3.57. The Bertz CT molecular complexity index is 1040. The maximum absolute atomic E-state index is 13.3. The zero-order chi connectivity index (χ0) is 18.5. The number of carbonyl (C=O) groups is 2. The van der Waals surface area contributed by atoms with Crippen LogP contribution in [0.25, 0.3) is 10.9 Å². The number of H-pyrrole nitrogens is 1.